The van der Waals surface area contributed by atoms with Crippen molar-refractivity contribution in [3.8, 4) is 6.07 Å². The van der Waals surface area contributed by atoms with Gasteiger partial charge >= 0.3 is 5.69 Å². The molecule has 4 rings (SSSR count). The lowest BCUT2D eigenvalue weighted by Gasteiger charge is -2.30. The van der Waals surface area contributed by atoms with Crippen molar-refractivity contribution in [1.29, 1.82) is 5.26 Å². The number of benzene rings is 2. The number of aliphatic hydroxyl groups is 1. The highest BCUT2D eigenvalue weighted by Crippen LogP contribution is 2.18. The molecule has 29 heavy (non-hydrogen) atoms. The quantitative estimate of drug-likeness (QED) is 0.701. The van der Waals surface area contributed by atoms with Crippen LogP contribution in [0.2, 0.25) is 0 Å². The molecule has 0 fully saturated rings. The fourth-order valence-electron chi connectivity index (χ4n) is 3.89. The maximum atomic E-state index is 12.6. The van der Waals surface area contributed by atoms with Crippen LogP contribution in [0, 0.1) is 11.3 Å². The Morgan fingerprint density at radius 1 is 1.00 bits per heavy atom. The molecule has 0 saturated heterocycles. The smallest absolute Gasteiger partial charge is 0.328 e. The first-order valence-corrected chi connectivity index (χ1v) is 9.84. The summed E-state index contributed by atoms with van der Waals surface area (Å²) in [7, 11) is 0. The van der Waals surface area contributed by atoms with Gasteiger partial charge in [-0.2, -0.15) is 5.26 Å². The van der Waals surface area contributed by atoms with Crippen molar-refractivity contribution in [3.05, 3.63) is 93.7 Å². The van der Waals surface area contributed by atoms with E-state index < -0.39 is 6.10 Å². The summed E-state index contributed by atoms with van der Waals surface area (Å²) in [4.78, 5) is 14.9. The monoisotopic (exact) mass is 388 g/mol. The zero-order valence-corrected chi connectivity index (χ0v) is 16.2. The third kappa shape index (κ3) is 4.48. The Hall–Kier alpha value is -3.14. The molecule has 3 aromatic rings. The highest BCUT2D eigenvalue weighted by atomic mass is 16.3. The Kier molecular flexibility index (Phi) is 5.61. The molecular weight excluding hydrogens is 364 g/mol. The molecule has 0 amide bonds. The molecule has 0 unspecified atom stereocenters. The van der Waals surface area contributed by atoms with Gasteiger partial charge in [0.15, 0.2) is 0 Å². The molecule has 0 bridgehead atoms. The van der Waals surface area contributed by atoms with Crippen LogP contribution in [0.4, 0.5) is 0 Å². The van der Waals surface area contributed by atoms with Gasteiger partial charge in [0.05, 0.1) is 30.8 Å². The third-order valence-electron chi connectivity index (χ3n) is 5.44. The minimum atomic E-state index is -0.608. The van der Waals surface area contributed by atoms with Crippen molar-refractivity contribution in [2.24, 2.45) is 0 Å². The molecule has 1 aliphatic rings. The van der Waals surface area contributed by atoms with Gasteiger partial charge in [0.1, 0.15) is 0 Å². The van der Waals surface area contributed by atoms with E-state index in [1.165, 1.54) is 11.1 Å². The molecule has 2 aromatic carbocycles. The Labute approximate surface area is 169 Å². The standard InChI is InChI=1S/C23H24N4O2/c24-13-18-5-7-19(8-6-18)14-26-11-12-27(23(26)29)17-22(28)16-25-10-9-20-3-1-2-4-21(20)15-25/h1-8,11-12,22,28H,9-10,14-17H2/t22-/m1/s1. The van der Waals surface area contributed by atoms with E-state index in [0.717, 1.165) is 25.1 Å². The van der Waals surface area contributed by atoms with Gasteiger partial charge in [-0.3, -0.25) is 14.0 Å². The van der Waals surface area contributed by atoms with E-state index in [-0.39, 0.29) is 12.2 Å². The average Bonchev–Trinajstić information content (AvgIpc) is 3.07. The zero-order valence-electron chi connectivity index (χ0n) is 16.2. The van der Waals surface area contributed by atoms with Crippen molar-refractivity contribution in [1.82, 2.24) is 14.0 Å². The summed E-state index contributed by atoms with van der Waals surface area (Å²) in [6.07, 6.45) is 3.85. The van der Waals surface area contributed by atoms with Crippen LogP contribution in [0.5, 0.6) is 0 Å². The number of nitrogens with zero attached hydrogens (tertiary/aromatic N) is 4. The molecular formula is C23H24N4O2. The van der Waals surface area contributed by atoms with E-state index in [4.69, 9.17) is 5.26 Å². The number of fused-ring (bicyclic) bond motifs is 1. The Morgan fingerprint density at radius 3 is 2.48 bits per heavy atom. The molecule has 1 aliphatic heterocycles. The Balaban J connectivity index is 1.36. The van der Waals surface area contributed by atoms with Gasteiger partial charge in [-0.25, -0.2) is 4.79 Å². The number of β-amino-alcohol motifs (C(OH)–C–C–N with tert-alkyl or cyclic N) is 1. The first-order chi connectivity index (χ1) is 14.1. The predicted molar refractivity (Wildman–Crippen MR) is 110 cm³/mol. The summed E-state index contributed by atoms with van der Waals surface area (Å²) in [6.45, 7) is 3.01. The SMILES string of the molecule is N#Cc1ccc(Cn2ccn(C[C@H](O)CN3CCc4ccccc4C3)c2=O)cc1. The summed E-state index contributed by atoms with van der Waals surface area (Å²) in [5, 5.41) is 19.4. The number of aliphatic hydroxyl groups excluding tert-OH is 1. The second-order valence-corrected chi connectivity index (χ2v) is 7.58. The number of rotatable bonds is 6. The summed E-state index contributed by atoms with van der Waals surface area (Å²) < 4.78 is 3.18. The van der Waals surface area contributed by atoms with E-state index in [0.29, 0.717) is 18.7 Å². The molecule has 0 aliphatic carbocycles. The molecule has 2 heterocycles. The van der Waals surface area contributed by atoms with Gasteiger partial charge in [0.2, 0.25) is 0 Å². The maximum Gasteiger partial charge on any atom is 0.328 e. The van der Waals surface area contributed by atoms with Crippen molar-refractivity contribution >= 4 is 0 Å². The fourth-order valence-corrected chi connectivity index (χ4v) is 3.89. The fraction of sp³-hybridized carbons (Fsp3) is 0.304. The van der Waals surface area contributed by atoms with Gasteiger partial charge < -0.3 is 5.11 Å². The van der Waals surface area contributed by atoms with Crippen LogP contribution < -0.4 is 5.69 Å². The van der Waals surface area contributed by atoms with Crippen LogP contribution in [0.15, 0.2) is 65.7 Å². The van der Waals surface area contributed by atoms with Gasteiger partial charge in [0.25, 0.3) is 0 Å². The minimum absolute atomic E-state index is 0.141. The molecule has 6 heteroatoms. The molecule has 6 nitrogen and oxygen atoms in total. The van der Waals surface area contributed by atoms with Gasteiger partial charge in [-0.15, -0.1) is 0 Å². The van der Waals surface area contributed by atoms with Crippen LogP contribution >= 0.6 is 0 Å². The zero-order chi connectivity index (χ0) is 20.2. The molecule has 1 N–H and O–H groups in total. The largest absolute Gasteiger partial charge is 0.390 e. The number of hydrogen-bond acceptors (Lipinski definition) is 4. The molecule has 0 radical (unpaired) electrons. The minimum Gasteiger partial charge on any atom is -0.390 e. The van der Waals surface area contributed by atoms with E-state index in [9.17, 15) is 9.90 Å². The van der Waals surface area contributed by atoms with E-state index in [2.05, 4.69) is 35.2 Å². The number of imidazole rings is 1. The van der Waals surface area contributed by atoms with Crippen LogP contribution in [-0.4, -0.2) is 38.3 Å². The lowest BCUT2D eigenvalue weighted by atomic mass is 10.00. The molecule has 1 atom stereocenters. The van der Waals surface area contributed by atoms with Crippen LogP contribution in [0.1, 0.15) is 22.3 Å². The summed E-state index contributed by atoms with van der Waals surface area (Å²) in [5.74, 6) is 0. The van der Waals surface area contributed by atoms with Gasteiger partial charge in [-0.05, 0) is 35.2 Å². The normalized spacial score (nSPS) is 14.9. The Bertz CT molecular complexity index is 1080. The molecule has 1 aromatic heterocycles. The summed E-state index contributed by atoms with van der Waals surface area (Å²) in [6, 6.07) is 17.7. The van der Waals surface area contributed by atoms with Crippen molar-refractivity contribution in [3.63, 3.8) is 0 Å². The lowest BCUT2D eigenvalue weighted by molar-refractivity contribution is 0.0909. The first-order valence-electron chi connectivity index (χ1n) is 9.84. The van der Waals surface area contributed by atoms with Crippen molar-refractivity contribution < 1.29 is 5.11 Å². The first kappa shape index (κ1) is 19.2. The second-order valence-electron chi connectivity index (χ2n) is 7.58. The van der Waals surface area contributed by atoms with Gasteiger partial charge in [0, 0.05) is 32.0 Å². The molecule has 148 valence electrons. The lowest BCUT2D eigenvalue weighted by Crippen LogP contribution is -2.39. The van der Waals surface area contributed by atoms with Gasteiger partial charge in [-0.1, -0.05) is 36.4 Å². The number of nitriles is 1. The van der Waals surface area contributed by atoms with E-state index in [1.807, 2.05) is 12.1 Å². The Morgan fingerprint density at radius 2 is 1.72 bits per heavy atom. The number of hydrogen-bond donors (Lipinski definition) is 1. The second kappa shape index (κ2) is 8.48. The van der Waals surface area contributed by atoms with Crippen molar-refractivity contribution in [2.75, 3.05) is 13.1 Å². The number of aromatic nitrogens is 2. The van der Waals surface area contributed by atoms with Crippen LogP contribution in [-0.2, 0) is 26.1 Å². The highest BCUT2D eigenvalue weighted by Gasteiger charge is 2.19. The third-order valence-corrected chi connectivity index (χ3v) is 5.44. The van der Waals surface area contributed by atoms with Crippen LogP contribution in [0.3, 0.4) is 0 Å². The van der Waals surface area contributed by atoms with E-state index in [1.54, 1.807) is 33.7 Å². The summed E-state index contributed by atoms with van der Waals surface area (Å²) in [5.41, 5.74) is 4.11. The van der Waals surface area contributed by atoms with Crippen LogP contribution in [0.25, 0.3) is 0 Å². The topological polar surface area (TPSA) is 74.2 Å². The predicted octanol–water partition coefficient (Wildman–Crippen LogP) is 1.99. The molecule has 0 spiro atoms. The van der Waals surface area contributed by atoms with E-state index >= 15 is 0 Å². The average molecular weight is 388 g/mol. The maximum absolute atomic E-state index is 12.6. The van der Waals surface area contributed by atoms with Crippen molar-refractivity contribution in [2.45, 2.75) is 32.2 Å². The summed E-state index contributed by atoms with van der Waals surface area (Å²) >= 11 is 0. The molecule has 0 saturated carbocycles. The highest BCUT2D eigenvalue weighted by molar-refractivity contribution is 5.31.